The fourth-order valence-corrected chi connectivity index (χ4v) is 2.95. The van der Waals surface area contributed by atoms with Crippen LogP contribution in [0.25, 0.3) is 5.57 Å². The van der Waals surface area contributed by atoms with Crippen LogP contribution in [0.4, 0.5) is 5.69 Å². The van der Waals surface area contributed by atoms with Gasteiger partial charge in [-0.3, -0.25) is 4.79 Å². The third-order valence-electron chi connectivity index (χ3n) is 3.87. The lowest BCUT2D eigenvalue weighted by Gasteiger charge is -2.31. The molecule has 0 atom stereocenters. The van der Waals surface area contributed by atoms with Crippen LogP contribution in [0.5, 0.6) is 5.75 Å². The van der Waals surface area contributed by atoms with E-state index in [4.69, 9.17) is 4.74 Å². The fraction of sp³-hybridized carbons (Fsp3) is 0.250. The SMILES string of the molecule is CC1=CC(C)(C)Nc2ccc(OC(=O)Cc3ccccc3)cc21. The van der Waals surface area contributed by atoms with Crippen molar-refractivity contribution in [1.29, 1.82) is 0 Å². The van der Waals surface area contributed by atoms with E-state index in [-0.39, 0.29) is 17.9 Å². The van der Waals surface area contributed by atoms with Crippen molar-refractivity contribution in [3.8, 4) is 5.75 Å². The molecule has 2 aromatic carbocycles. The Morgan fingerprint density at radius 3 is 2.61 bits per heavy atom. The summed E-state index contributed by atoms with van der Waals surface area (Å²) in [5.41, 5.74) is 4.22. The van der Waals surface area contributed by atoms with Gasteiger partial charge in [0.2, 0.25) is 0 Å². The Morgan fingerprint density at radius 2 is 1.87 bits per heavy atom. The van der Waals surface area contributed by atoms with Gasteiger partial charge in [0, 0.05) is 11.3 Å². The minimum Gasteiger partial charge on any atom is -0.426 e. The van der Waals surface area contributed by atoms with Gasteiger partial charge in [0.15, 0.2) is 0 Å². The van der Waals surface area contributed by atoms with Crippen LogP contribution in [0.15, 0.2) is 54.6 Å². The van der Waals surface area contributed by atoms with Gasteiger partial charge in [-0.2, -0.15) is 0 Å². The Labute approximate surface area is 137 Å². The van der Waals surface area contributed by atoms with E-state index in [0.29, 0.717) is 5.75 Å². The number of carbonyl (C=O) groups excluding carboxylic acids is 1. The van der Waals surface area contributed by atoms with Crippen molar-refractivity contribution < 1.29 is 9.53 Å². The maximum absolute atomic E-state index is 12.1. The highest BCUT2D eigenvalue weighted by molar-refractivity contribution is 5.82. The van der Waals surface area contributed by atoms with Crippen LogP contribution in [-0.4, -0.2) is 11.5 Å². The molecule has 23 heavy (non-hydrogen) atoms. The number of carbonyl (C=O) groups is 1. The second kappa shape index (κ2) is 5.92. The van der Waals surface area contributed by atoms with E-state index in [1.165, 1.54) is 5.57 Å². The number of allylic oxidation sites excluding steroid dienone is 1. The number of fused-ring (bicyclic) bond motifs is 1. The molecule has 118 valence electrons. The van der Waals surface area contributed by atoms with Crippen LogP contribution in [0.3, 0.4) is 0 Å². The summed E-state index contributed by atoms with van der Waals surface area (Å²) in [5, 5.41) is 3.47. The molecule has 0 saturated carbocycles. The van der Waals surface area contributed by atoms with E-state index in [1.807, 2.05) is 48.5 Å². The maximum Gasteiger partial charge on any atom is 0.315 e. The summed E-state index contributed by atoms with van der Waals surface area (Å²) in [4.78, 5) is 12.1. The van der Waals surface area contributed by atoms with Crippen molar-refractivity contribution >= 4 is 17.2 Å². The summed E-state index contributed by atoms with van der Waals surface area (Å²) in [6.07, 6.45) is 2.46. The molecule has 0 spiro atoms. The number of rotatable bonds is 3. The van der Waals surface area contributed by atoms with E-state index < -0.39 is 0 Å². The highest BCUT2D eigenvalue weighted by atomic mass is 16.5. The van der Waals surface area contributed by atoms with Gasteiger partial charge in [-0.25, -0.2) is 0 Å². The molecule has 1 N–H and O–H groups in total. The molecule has 0 unspecified atom stereocenters. The van der Waals surface area contributed by atoms with Crippen LogP contribution in [0.2, 0.25) is 0 Å². The first-order valence-corrected chi connectivity index (χ1v) is 7.80. The van der Waals surface area contributed by atoms with Gasteiger partial charge in [-0.15, -0.1) is 0 Å². The summed E-state index contributed by atoms with van der Waals surface area (Å²) in [5.74, 6) is 0.334. The van der Waals surface area contributed by atoms with Crippen molar-refractivity contribution in [1.82, 2.24) is 0 Å². The minimum absolute atomic E-state index is 0.0669. The second-order valence-corrected chi connectivity index (χ2v) is 6.52. The lowest BCUT2D eigenvalue weighted by atomic mass is 9.91. The first-order valence-electron chi connectivity index (χ1n) is 7.80. The third-order valence-corrected chi connectivity index (χ3v) is 3.87. The Hall–Kier alpha value is -2.55. The normalized spacial score (nSPS) is 15.2. The van der Waals surface area contributed by atoms with Crippen molar-refractivity contribution in [3.63, 3.8) is 0 Å². The number of nitrogens with one attached hydrogen (secondary N) is 1. The summed E-state index contributed by atoms with van der Waals surface area (Å²) in [7, 11) is 0. The molecule has 0 radical (unpaired) electrons. The molecule has 0 aromatic heterocycles. The second-order valence-electron chi connectivity index (χ2n) is 6.52. The fourth-order valence-electron chi connectivity index (χ4n) is 2.95. The van der Waals surface area contributed by atoms with E-state index in [9.17, 15) is 4.79 Å². The van der Waals surface area contributed by atoms with E-state index >= 15 is 0 Å². The molecule has 0 bridgehead atoms. The maximum atomic E-state index is 12.1. The molecule has 1 heterocycles. The van der Waals surface area contributed by atoms with E-state index in [0.717, 1.165) is 16.8 Å². The Bertz CT molecular complexity index is 760. The van der Waals surface area contributed by atoms with Crippen molar-refractivity contribution in [2.45, 2.75) is 32.7 Å². The summed E-state index contributed by atoms with van der Waals surface area (Å²) in [6, 6.07) is 15.3. The third kappa shape index (κ3) is 3.62. The predicted octanol–water partition coefficient (Wildman–Crippen LogP) is 4.44. The summed E-state index contributed by atoms with van der Waals surface area (Å²) in [6.45, 7) is 6.34. The van der Waals surface area contributed by atoms with Crippen LogP contribution >= 0.6 is 0 Å². The molecule has 3 nitrogen and oxygen atoms in total. The zero-order chi connectivity index (χ0) is 16.4. The molecule has 2 aromatic rings. The molecule has 0 fully saturated rings. The zero-order valence-corrected chi connectivity index (χ0v) is 13.7. The van der Waals surface area contributed by atoms with E-state index in [1.54, 1.807) is 0 Å². The number of ether oxygens (including phenoxy) is 1. The molecule has 3 rings (SSSR count). The average Bonchev–Trinajstić information content (AvgIpc) is 2.48. The van der Waals surface area contributed by atoms with Crippen LogP contribution < -0.4 is 10.1 Å². The molecular formula is C20H21NO2. The first-order chi connectivity index (χ1) is 10.9. The number of esters is 1. The van der Waals surface area contributed by atoms with Gasteiger partial charge >= 0.3 is 5.97 Å². The molecule has 3 heteroatoms. The number of hydrogen-bond donors (Lipinski definition) is 1. The standard InChI is InChI=1S/C20H21NO2/c1-14-13-20(2,3)21-18-10-9-16(12-17(14)18)23-19(22)11-15-7-5-4-6-8-15/h4-10,12-13,21H,11H2,1-3H3. The van der Waals surface area contributed by atoms with Gasteiger partial charge in [0.25, 0.3) is 0 Å². The van der Waals surface area contributed by atoms with Gasteiger partial charge in [0.1, 0.15) is 5.75 Å². The van der Waals surface area contributed by atoms with Crippen LogP contribution in [0, 0.1) is 0 Å². The van der Waals surface area contributed by atoms with Crippen LogP contribution in [-0.2, 0) is 11.2 Å². The lowest BCUT2D eigenvalue weighted by Crippen LogP contribution is -2.31. The molecule has 1 aliphatic rings. The summed E-state index contributed by atoms with van der Waals surface area (Å²) < 4.78 is 5.49. The summed E-state index contributed by atoms with van der Waals surface area (Å²) >= 11 is 0. The zero-order valence-electron chi connectivity index (χ0n) is 13.7. The highest BCUT2D eigenvalue weighted by Crippen LogP contribution is 2.35. The smallest absolute Gasteiger partial charge is 0.315 e. The van der Waals surface area contributed by atoms with Gasteiger partial charge in [-0.1, -0.05) is 36.4 Å². The average molecular weight is 307 g/mol. The number of hydrogen-bond acceptors (Lipinski definition) is 3. The minimum atomic E-state index is -0.248. The Balaban J connectivity index is 1.75. The monoisotopic (exact) mass is 307 g/mol. The lowest BCUT2D eigenvalue weighted by molar-refractivity contribution is -0.133. The van der Waals surface area contributed by atoms with E-state index in [2.05, 4.69) is 32.2 Å². The largest absolute Gasteiger partial charge is 0.426 e. The van der Waals surface area contributed by atoms with Crippen molar-refractivity contribution in [3.05, 3.63) is 65.7 Å². The topological polar surface area (TPSA) is 38.3 Å². The number of anilines is 1. The van der Waals surface area contributed by atoms with Gasteiger partial charge < -0.3 is 10.1 Å². The molecular weight excluding hydrogens is 286 g/mol. The predicted molar refractivity (Wildman–Crippen MR) is 93.6 cm³/mol. The highest BCUT2D eigenvalue weighted by Gasteiger charge is 2.22. The van der Waals surface area contributed by atoms with Gasteiger partial charge in [0.05, 0.1) is 12.0 Å². The van der Waals surface area contributed by atoms with Crippen molar-refractivity contribution in [2.24, 2.45) is 0 Å². The first kappa shape index (κ1) is 15.3. The Kier molecular flexibility index (Phi) is 3.95. The van der Waals surface area contributed by atoms with Crippen molar-refractivity contribution in [2.75, 3.05) is 5.32 Å². The molecule has 1 aliphatic heterocycles. The Morgan fingerprint density at radius 1 is 1.13 bits per heavy atom. The van der Waals surface area contributed by atoms with Crippen LogP contribution in [0.1, 0.15) is 31.9 Å². The molecule has 0 aliphatic carbocycles. The van der Waals surface area contributed by atoms with Gasteiger partial charge in [-0.05, 0) is 50.1 Å². The molecule has 0 saturated heterocycles. The molecule has 0 amide bonds. The number of benzene rings is 2. The quantitative estimate of drug-likeness (QED) is 0.673.